The van der Waals surface area contributed by atoms with Gasteiger partial charge < -0.3 is 14.6 Å². The normalized spacial score (nSPS) is 17.3. The third-order valence-electron chi connectivity index (χ3n) is 3.99. The maximum absolute atomic E-state index is 13.4. The minimum atomic E-state index is -4.24. The molecule has 1 aromatic carbocycles. The summed E-state index contributed by atoms with van der Waals surface area (Å²) in [6, 6.07) is 3.63. The van der Waals surface area contributed by atoms with Gasteiger partial charge in [-0.2, -0.15) is 14.0 Å². The Bertz CT molecular complexity index is 1160. The van der Waals surface area contributed by atoms with Crippen LogP contribution >= 0.6 is 0 Å². The van der Waals surface area contributed by atoms with Crippen molar-refractivity contribution in [3.05, 3.63) is 53.6 Å². The van der Waals surface area contributed by atoms with Gasteiger partial charge in [0.2, 0.25) is 10.0 Å². The van der Waals surface area contributed by atoms with Gasteiger partial charge in [-0.15, -0.1) is 0 Å². The van der Waals surface area contributed by atoms with Crippen LogP contribution in [0.1, 0.15) is 16.1 Å². The van der Waals surface area contributed by atoms with E-state index in [0.29, 0.717) is 6.08 Å². The molecule has 152 valence electrons. The number of nitriles is 1. The molecule has 8 nitrogen and oxygen atoms in total. The summed E-state index contributed by atoms with van der Waals surface area (Å²) in [5.74, 6) is -1.88. The van der Waals surface area contributed by atoms with Crippen molar-refractivity contribution in [2.45, 2.75) is 10.9 Å². The van der Waals surface area contributed by atoms with Gasteiger partial charge in [-0.3, -0.25) is 4.79 Å². The van der Waals surface area contributed by atoms with Gasteiger partial charge in [0.15, 0.2) is 11.4 Å². The highest BCUT2D eigenvalue weighted by Crippen LogP contribution is 2.33. The second-order valence-corrected chi connectivity index (χ2v) is 7.72. The van der Waals surface area contributed by atoms with Gasteiger partial charge in [-0.05, 0) is 18.2 Å². The fourth-order valence-electron chi connectivity index (χ4n) is 2.75. The summed E-state index contributed by atoms with van der Waals surface area (Å²) in [6.45, 7) is -0.469. The Hall–Kier alpha value is -3.30. The van der Waals surface area contributed by atoms with Crippen molar-refractivity contribution in [2.75, 3.05) is 11.9 Å². The highest BCUT2D eigenvalue weighted by Gasteiger charge is 2.34. The Morgan fingerprint density at radius 3 is 2.83 bits per heavy atom. The lowest BCUT2D eigenvalue weighted by atomic mass is 10.2. The number of aryl methyl sites for hydroxylation is 1. The van der Waals surface area contributed by atoms with Crippen LogP contribution < -0.4 is 14.8 Å². The number of anilines is 1. The molecule has 1 amide bonds. The van der Waals surface area contributed by atoms with Crippen LogP contribution in [0.4, 0.5) is 18.9 Å². The van der Waals surface area contributed by atoms with Gasteiger partial charge in [0.05, 0.1) is 11.6 Å². The Morgan fingerprint density at radius 2 is 2.17 bits per heavy atom. The van der Waals surface area contributed by atoms with Crippen LogP contribution in [0.5, 0.6) is 5.75 Å². The SMILES string of the molecule is Cn1cc2c(c1C(=O)Nc1ccc(F)c(C#N)c1)OC[C@H](C=C(F)F)NS2(=O)=O. The lowest BCUT2D eigenvalue weighted by molar-refractivity contribution is 0.101. The Labute approximate surface area is 163 Å². The molecular weight excluding hydrogens is 413 g/mol. The maximum atomic E-state index is 13.4. The summed E-state index contributed by atoms with van der Waals surface area (Å²) < 4.78 is 72.0. The molecule has 0 fully saturated rings. The van der Waals surface area contributed by atoms with Gasteiger partial charge in [0.1, 0.15) is 23.4 Å². The molecule has 29 heavy (non-hydrogen) atoms. The number of carbonyl (C=O) groups is 1. The zero-order valence-electron chi connectivity index (χ0n) is 14.7. The van der Waals surface area contributed by atoms with Crippen molar-refractivity contribution in [1.82, 2.24) is 9.29 Å². The van der Waals surface area contributed by atoms with Gasteiger partial charge in [0, 0.05) is 25.0 Å². The second-order valence-electron chi connectivity index (χ2n) is 6.04. The fraction of sp³-hybridized carbons (Fsp3) is 0.176. The van der Waals surface area contributed by atoms with E-state index in [1.165, 1.54) is 17.7 Å². The van der Waals surface area contributed by atoms with E-state index < -0.39 is 45.4 Å². The molecule has 2 aromatic rings. The maximum Gasteiger partial charge on any atom is 0.276 e. The van der Waals surface area contributed by atoms with E-state index in [4.69, 9.17) is 10.00 Å². The average molecular weight is 426 g/mol. The summed E-state index contributed by atoms with van der Waals surface area (Å²) in [5.41, 5.74) is -0.393. The Balaban J connectivity index is 1.97. The molecule has 0 spiro atoms. The molecule has 0 unspecified atom stereocenters. The van der Waals surface area contributed by atoms with E-state index in [2.05, 4.69) is 10.0 Å². The molecule has 1 aliphatic heterocycles. The third kappa shape index (κ3) is 4.10. The number of halogens is 3. The minimum Gasteiger partial charge on any atom is -0.488 e. The van der Waals surface area contributed by atoms with Gasteiger partial charge in [0.25, 0.3) is 12.0 Å². The second kappa shape index (κ2) is 7.61. The van der Waals surface area contributed by atoms with Crippen LogP contribution in [0.2, 0.25) is 0 Å². The van der Waals surface area contributed by atoms with Crippen LogP contribution in [0.25, 0.3) is 0 Å². The smallest absolute Gasteiger partial charge is 0.276 e. The summed E-state index contributed by atoms with van der Waals surface area (Å²) in [6.07, 6.45) is -0.586. The lowest BCUT2D eigenvalue weighted by Gasteiger charge is -2.12. The van der Waals surface area contributed by atoms with Crippen LogP contribution in [0.3, 0.4) is 0 Å². The minimum absolute atomic E-state index is 0.0952. The van der Waals surface area contributed by atoms with Crippen molar-refractivity contribution < 1.29 is 31.1 Å². The van der Waals surface area contributed by atoms with E-state index >= 15 is 0 Å². The number of rotatable bonds is 3. The average Bonchev–Trinajstić information content (AvgIpc) is 2.92. The number of amides is 1. The first kappa shape index (κ1) is 20.4. The lowest BCUT2D eigenvalue weighted by Crippen LogP contribution is -2.35. The summed E-state index contributed by atoms with van der Waals surface area (Å²) in [7, 11) is -2.85. The molecular formula is C17H13F3N4O4S. The zero-order valence-corrected chi connectivity index (χ0v) is 15.6. The molecule has 12 heteroatoms. The molecule has 0 aliphatic carbocycles. The van der Waals surface area contributed by atoms with Crippen LogP contribution in [-0.4, -0.2) is 31.5 Å². The van der Waals surface area contributed by atoms with E-state index in [0.717, 1.165) is 18.3 Å². The molecule has 0 saturated carbocycles. The quantitative estimate of drug-likeness (QED) is 0.781. The molecule has 0 radical (unpaired) electrons. The molecule has 2 N–H and O–H groups in total. The van der Waals surface area contributed by atoms with Gasteiger partial charge >= 0.3 is 0 Å². The standard InChI is InChI=1S/C17H13F3N4O4S/c1-24-7-13-16(28-8-11(5-14(19)20)23-29(13,26)27)15(24)17(25)22-10-2-3-12(18)9(4-10)6-21/h2-5,7,11,23H,8H2,1H3,(H,22,25)/t11-/m0/s1. The first-order chi connectivity index (χ1) is 13.6. The molecule has 1 aromatic heterocycles. The monoisotopic (exact) mass is 426 g/mol. The first-order valence-electron chi connectivity index (χ1n) is 8.00. The number of nitrogens with one attached hydrogen (secondary N) is 2. The van der Waals surface area contributed by atoms with Gasteiger partial charge in [-0.1, -0.05) is 0 Å². The Kier molecular flexibility index (Phi) is 5.36. The summed E-state index contributed by atoms with van der Waals surface area (Å²) in [4.78, 5) is 12.3. The van der Waals surface area contributed by atoms with Crippen LogP contribution in [0, 0.1) is 17.1 Å². The first-order valence-corrected chi connectivity index (χ1v) is 9.49. The Morgan fingerprint density at radius 1 is 1.45 bits per heavy atom. The van der Waals surface area contributed by atoms with E-state index in [-0.39, 0.29) is 22.7 Å². The summed E-state index contributed by atoms with van der Waals surface area (Å²) in [5, 5.41) is 11.3. The number of sulfonamides is 1. The number of ether oxygens (including phenoxy) is 1. The number of nitrogens with zero attached hydrogens (tertiary/aromatic N) is 2. The van der Waals surface area contributed by atoms with Crippen molar-refractivity contribution in [1.29, 1.82) is 5.26 Å². The zero-order chi connectivity index (χ0) is 21.3. The number of benzene rings is 1. The molecule has 0 bridgehead atoms. The highest BCUT2D eigenvalue weighted by atomic mass is 32.2. The van der Waals surface area contributed by atoms with Crippen molar-refractivity contribution in [2.24, 2.45) is 7.05 Å². The van der Waals surface area contributed by atoms with Crippen LogP contribution in [0.15, 0.2) is 41.4 Å². The largest absolute Gasteiger partial charge is 0.488 e. The van der Waals surface area contributed by atoms with Gasteiger partial charge in [-0.25, -0.2) is 17.5 Å². The number of hydrogen-bond donors (Lipinski definition) is 2. The van der Waals surface area contributed by atoms with E-state index in [9.17, 15) is 26.4 Å². The number of carbonyl (C=O) groups excluding carboxylic acids is 1. The van der Waals surface area contributed by atoms with Crippen LogP contribution in [-0.2, 0) is 17.1 Å². The van der Waals surface area contributed by atoms with E-state index in [1.54, 1.807) is 6.07 Å². The molecule has 0 saturated heterocycles. The molecule has 3 rings (SSSR count). The predicted octanol–water partition coefficient (Wildman–Crippen LogP) is 2.11. The third-order valence-corrected chi connectivity index (χ3v) is 5.48. The van der Waals surface area contributed by atoms with Crippen molar-refractivity contribution >= 4 is 21.6 Å². The molecule has 1 aliphatic rings. The predicted molar refractivity (Wildman–Crippen MR) is 94.4 cm³/mol. The van der Waals surface area contributed by atoms with E-state index in [1.807, 2.05) is 0 Å². The summed E-state index contributed by atoms with van der Waals surface area (Å²) >= 11 is 0. The van der Waals surface area contributed by atoms with Crippen molar-refractivity contribution in [3.63, 3.8) is 0 Å². The topological polar surface area (TPSA) is 113 Å². The van der Waals surface area contributed by atoms with Crippen molar-refractivity contribution in [3.8, 4) is 11.8 Å². The molecule has 1 atom stereocenters. The number of fused-ring (bicyclic) bond motifs is 1. The number of hydrogen-bond acceptors (Lipinski definition) is 5. The molecule has 2 heterocycles. The number of aromatic nitrogens is 1. The highest BCUT2D eigenvalue weighted by molar-refractivity contribution is 7.89. The fourth-order valence-corrected chi connectivity index (χ4v) is 4.11.